The van der Waals surface area contributed by atoms with Gasteiger partial charge in [0, 0.05) is 0 Å². The minimum Gasteiger partial charge on any atom is -0.486 e. The van der Waals surface area contributed by atoms with E-state index in [-0.39, 0.29) is 0 Å². The summed E-state index contributed by atoms with van der Waals surface area (Å²) in [5, 5.41) is 9.27. The Morgan fingerprint density at radius 3 is 2.84 bits per heavy atom. The zero-order valence-electron chi connectivity index (χ0n) is 10.6. The van der Waals surface area contributed by atoms with Crippen molar-refractivity contribution in [2.24, 2.45) is 5.84 Å². The molecule has 0 unspecified atom stereocenters. The van der Waals surface area contributed by atoms with Crippen molar-refractivity contribution >= 4 is 16.5 Å². The Morgan fingerprint density at radius 2 is 2.05 bits per heavy atom. The van der Waals surface area contributed by atoms with E-state index >= 15 is 0 Å². The number of aromatic nitrogens is 2. The molecular formula is C13H16N4OS. The highest BCUT2D eigenvalue weighted by Gasteiger charge is 2.10. The molecule has 0 radical (unpaired) electrons. The van der Waals surface area contributed by atoms with Crippen LogP contribution in [-0.4, -0.2) is 10.2 Å². The number of fused-ring (bicyclic) bond motifs is 1. The molecule has 3 N–H and O–H groups in total. The molecule has 0 spiro atoms. The summed E-state index contributed by atoms with van der Waals surface area (Å²) in [7, 11) is 0. The van der Waals surface area contributed by atoms with Gasteiger partial charge in [-0.25, -0.2) is 5.84 Å². The average molecular weight is 276 g/mol. The molecule has 19 heavy (non-hydrogen) atoms. The Kier molecular flexibility index (Phi) is 3.61. The summed E-state index contributed by atoms with van der Waals surface area (Å²) in [6.07, 6.45) is 4.93. The SMILES string of the molecule is NNc1nnc(COc2ccc3c(c2)CCCC3)s1. The number of rotatable bonds is 4. The number of nitrogens with two attached hydrogens (primary N) is 1. The highest BCUT2D eigenvalue weighted by molar-refractivity contribution is 7.15. The molecule has 1 aliphatic rings. The Labute approximate surface area is 115 Å². The molecule has 1 aromatic carbocycles. The molecule has 0 saturated heterocycles. The number of aryl methyl sites for hydroxylation is 2. The molecule has 0 amide bonds. The summed E-state index contributed by atoms with van der Waals surface area (Å²) in [4.78, 5) is 0. The van der Waals surface area contributed by atoms with Gasteiger partial charge < -0.3 is 4.74 Å². The van der Waals surface area contributed by atoms with Crippen LogP contribution >= 0.6 is 11.3 Å². The summed E-state index contributed by atoms with van der Waals surface area (Å²) < 4.78 is 5.76. The predicted molar refractivity (Wildman–Crippen MR) is 75.1 cm³/mol. The Bertz CT molecular complexity index is 570. The first-order chi connectivity index (χ1) is 9.35. The quantitative estimate of drug-likeness (QED) is 0.662. The van der Waals surface area contributed by atoms with Crippen molar-refractivity contribution in [3.8, 4) is 5.75 Å². The summed E-state index contributed by atoms with van der Waals surface area (Å²) >= 11 is 1.40. The molecule has 2 aromatic rings. The molecule has 1 heterocycles. The summed E-state index contributed by atoms with van der Waals surface area (Å²) in [5.74, 6) is 6.16. The van der Waals surface area contributed by atoms with Gasteiger partial charge in [-0.3, -0.25) is 5.43 Å². The molecule has 5 nitrogen and oxygen atoms in total. The van der Waals surface area contributed by atoms with Crippen molar-refractivity contribution in [1.82, 2.24) is 10.2 Å². The van der Waals surface area contributed by atoms with E-state index in [1.54, 1.807) is 0 Å². The van der Waals surface area contributed by atoms with Crippen LogP contribution in [0.3, 0.4) is 0 Å². The molecule has 6 heteroatoms. The van der Waals surface area contributed by atoms with E-state index in [2.05, 4.69) is 27.8 Å². The van der Waals surface area contributed by atoms with Gasteiger partial charge in [0.25, 0.3) is 0 Å². The van der Waals surface area contributed by atoms with E-state index in [0.717, 1.165) is 17.2 Å². The topological polar surface area (TPSA) is 73.1 Å². The molecule has 1 aliphatic carbocycles. The van der Waals surface area contributed by atoms with E-state index in [0.29, 0.717) is 11.7 Å². The number of benzene rings is 1. The highest BCUT2D eigenvalue weighted by atomic mass is 32.1. The number of hydrogen-bond acceptors (Lipinski definition) is 6. The lowest BCUT2D eigenvalue weighted by Crippen LogP contribution is -2.05. The number of hydrazine groups is 1. The van der Waals surface area contributed by atoms with Crippen molar-refractivity contribution in [1.29, 1.82) is 0 Å². The van der Waals surface area contributed by atoms with E-state index in [4.69, 9.17) is 10.6 Å². The van der Waals surface area contributed by atoms with Crippen molar-refractivity contribution in [3.63, 3.8) is 0 Å². The van der Waals surface area contributed by atoms with E-state index in [9.17, 15) is 0 Å². The third-order valence-corrected chi connectivity index (χ3v) is 4.10. The maximum absolute atomic E-state index is 5.76. The third-order valence-electron chi connectivity index (χ3n) is 3.27. The van der Waals surface area contributed by atoms with Crippen LogP contribution in [0.15, 0.2) is 18.2 Å². The predicted octanol–water partition coefficient (Wildman–Crippen LogP) is 2.28. The van der Waals surface area contributed by atoms with Crippen molar-refractivity contribution in [2.45, 2.75) is 32.3 Å². The van der Waals surface area contributed by atoms with Gasteiger partial charge >= 0.3 is 0 Å². The molecule has 0 atom stereocenters. The van der Waals surface area contributed by atoms with Crippen molar-refractivity contribution in [3.05, 3.63) is 34.3 Å². The average Bonchev–Trinajstić information content (AvgIpc) is 2.93. The van der Waals surface area contributed by atoms with Crippen LogP contribution < -0.4 is 16.0 Å². The number of nitrogen functional groups attached to an aromatic ring is 1. The van der Waals surface area contributed by atoms with Crippen LogP contribution in [0.1, 0.15) is 29.0 Å². The second-order valence-electron chi connectivity index (χ2n) is 4.57. The Balaban J connectivity index is 1.66. The molecular weight excluding hydrogens is 260 g/mol. The van der Waals surface area contributed by atoms with Gasteiger partial charge in [0.05, 0.1) is 0 Å². The molecule has 0 aliphatic heterocycles. The second kappa shape index (κ2) is 5.54. The number of nitrogens with one attached hydrogen (secondary N) is 1. The van der Waals surface area contributed by atoms with Crippen LogP contribution in [0.25, 0.3) is 0 Å². The number of hydrogen-bond donors (Lipinski definition) is 2. The van der Waals surface area contributed by atoms with Gasteiger partial charge in [-0.1, -0.05) is 17.4 Å². The molecule has 0 bridgehead atoms. The molecule has 0 fully saturated rings. The Hall–Kier alpha value is -1.66. The fraction of sp³-hybridized carbons (Fsp3) is 0.385. The Morgan fingerprint density at radius 1 is 1.21 bits per heavy atom. The smallest absolute Gasteiger partial charge is 0.219 e. The largest absolute Gasteiger partial charge is 0.486 e. The van der Waals surface area contributed by atoms with Crippen LogP contribution in [0.2, 0.25) is 0 Å². The minimum atomic E-state index is 0.429. The summed E-state index contributed by atoms with van der Waals surface area (Å²) in [5.41, 5.74) is 5.36. The lowest BCUT2D eigenvalue weighted by molar-refractivity contribution is 0.304. The highest BCUT2D eigenvalue weighted by Crippen LogP contribution is 2.26. The van der Waals surface area contributed by atoms with Crippen LogP contribution in [0.4, 0.5) is 5.13 Å². The minimum absolute atomic E-state index is 0.429. The van der Waals surface area contributed by atoms with Crippen molar-refractivity contribution in [2.75, 3.05) is 5.43 Å². The van der Waals surface area contributed by atoms with Gasteiger partial charge in [0.2, 0.25) is 5.13 Å². The van der Waals surface area contributed by atoms with E-state index < -0.39 is 0 Å². The second-order valence-corrected chi connectivity index (χ2v) is 5.63. The molecule has 1 aromatic heterocycles. The number of ether oxygens (including phenoxy) is 1. The van der Waals surface area contributed by atoms with Crippen LogP contribution in [-0.2, 0) is 19.4 Å². The monoisotopic (exact) mass is 276 g/mol. The van der Waals surface area contributed by atoms with Crippen LogP contribution in [0.5, 0.6) is 5.75 Å². The fourth-order valence-corrected chi connectivity index (χ4v) is 2.88. The normalized spacial score (nSPS) is 13.9. The van der Waals surface area contributed by atoms with Gasteiger partial charge in [-0.2, -0.15) is 0 Å². The van der Waals surface area contributed by atoms with Gasteiger partial charge in [0.15, 0.2) is 5.01 Å². The zero-order chi connectivity index (χ0) is 13.1. The van der Waals surface area contributed by atoms with Gasteiger partial charge in [-0.15, -0.1) is 10.2 Å². The lowest BCUT2D eigenvalue weighted by Gasteiger charge is -2.16. The number of anilines is 1. The maximum atomic E-state index is 5.76. The first-order valence-corrected chi connectivity index (χ1v) is 7.20. The molecule has 0 saturated carbocycles. The van der Waals surface area contributed by atoms with Crippen LogP contribution in [0, 0.1) is 0 Å². The van der Waals surface area contributed by atoms with Gasteiger partial charge in [-0.05, 0) is 48.9 Å². The van der Waals surface area contributed by atoms with E-state index in [1.807, 2.05) is 6.07 Å². The van der Waals surface area contributed by atoms with Crippen molar-refractivity contribution < 1.29 is 4.74 Å². The summed E-state index contributed by atoms with van der Waals surface area (Å²) in [6, 6.07) is 6.36. The molecule has 100 valence electrons. The van der Waals surface area contributed by atoms with E-state index in [1.165, 1.54) is 41.7 Å². The zero-order valence-corrected chi connectivity index (χ0v) is 11.4. The summed E-state index contributed by atoms with van der Waals surface area (Å²) in [6.45, 7) is 0.429. The first-order valence-electron chi connectivity index (χ1n) is 6.39. The first kappa shape index (κ1) is 12.4. The van der Waals surface area contributed by atoms with Gasteiger partial charge in [0.1, 0.15) is 12.4 Å². The fourth-order valence-electron chi connectivity index (χ4n) is 2.31. The number of nitrogens with zero attached hydrogens (tertiary/aromatic N) is 2. The standard InChI is InChI=1S/C13H16N4OS/c14-15-13-17-16-12(19-13)8-18-11-6-5-9-3-1-2-4-10(9)7-11/h5-7H,1-4,8,14H2,(H,15,17). The molecule has 3 rings (SSSR count). The maximum Gasteiger partial charge on any atom is 0.219 e. The lowest BCUT2D eigenvalue weighted by atomic mass is 9.92. The third kappa shape index (κ3) is 2.85.